The average molecular weight is 287 g/mol. The van der Waals surface area contributed by atoms with Crippen molar-refractivity contribution >= 4 is 17.5 Å². The second kappa shape index (κ2) is 8.09. The third kappa shape index (κ3) is 6.52. The Balaban J connectivity index is 2.30. The van der Waals surface area contributed by atoms with Gasteiger partial charge in [-0.3, -0.25) is 4.79 Å². The summed E-state index contributed by atoms with van der Waals surface area (Å²) in [5.41, 5.74) is 0.225. The first kappa shape index (κ1) is 15.9. The molecule has 0 bridgehead atoms. The van der Waals surface area contributed by atoms with E-state index in [0.717, 1.165) is 0 Å². The SMILES string of the molecule is CC(C)COCC(O)CNC(=O)c1cccc(Cl)n1. The normalized spacial score (nSPS) is 12.5. The van der Waals surface area contributed by atoms with Crippen LogP contribution in [0.3, 0.4) is 0 Å². The van der Waals surface area contributed by atoms with Gasteiger partial charge in [-0.2, -0.15) is 0 Å². The van der Waals surface area contributed by atoms with E-state index in [1.165, 1.54) is 0 Å². The monoisotopic (exact) mass is 286 g/mol. The fourth-order valence-electron chi connectivity index (χ4n) is 1.33. The molecule has 0 aliphatic carbocycles. The number of aliphatic hydroxyl groups excluding tert-OH is 1. The highest BCUT2D eigenvalue weighted by molar-refractivity contribution is 6.29. The summed E-state index contributed by atoms with van der Waals surface area (Å²) in [7, 11) is 0. The lowest BCUT2D eigenvalue weighted by Gasteiger charge is -2.13. The van der Waals surface area contributed by atoms with Gasteiger partial charge in [0.2, 0.25) is 0 Å². The van der Waals surface area contributed by atoms with Crippen LogP contribution in [0.25, 0.3) is 0 Å². The molecule has 106 valence electrons. The van der Waals surface area contributed by atoms with Crippen LogP contribution in [0.1, 0.15) is 24.3 Å². The summed E-state index contributed by atoms with van der Waals surface area (Å²) in [6.07, 6.45) is -0.734. The van der Waals surface area contributed by atoms with Crippen molar-refractivity contribution in [3.63, 3.8) is 0 Å². The molecular formula is C13H19ClN2O3. The summed E-state index contributed by atoms with van der Waals surface area (Å²) in [6.45, 7) is 4.95. The van der Waals surface area contributed by atoms with Crippen LogP contribution in [0.4, 0.5) is 0 Å². The highest BCUT2D eigenvalue weighted by Crippen LogP contribution is 2.04. The predicted octanol–water partition coefficient (Wildman–Crippen LogP) is 1.50. The second-order valence-electron chi connectivity index (χ2n) is 4.64. The molecule has 6 heteroatoms. The number of amides is 1. The number of hydrogen-bond acceptors (Lipinski definition) is 4. The largest absolute Gasteiger partial charge is 0.389 e. The topological polar surface area (TPSA) is 71.5 Å². The van der Waals surface area contributed by atoms with Gasteiger partial charge in [0.15, 0.2) is 0 Å². The summed E-state index contributed by atoms with van der Waals surface area (Å²) in [4.78, 5) is 15.6. The van der Waals surface area contributed by atoms with E-state index in [9.17, 15) is 9.90 Å². The average Bonchev–Trinajstić information content (AvgIpc) is 2.35. The Morgan fingerprint density at radius 1 is 1.47 bits per heavy atom. The van der Waals surface area contributed by atoms with Crippen LogP contribution in [0.5, 0.6) is 0 Å². The van der Waals surface area contributed by atoms with Gasteiger partial charge >= 0.3 is 0 Å². The van der Waals surface area contributed by atoms with E-state index in [1.54, 1.807) is 18.2 Å². The van der Waals surface area contributed by atoms with Crippen molar-refractivity contribution in [3.05, 3.63) is 29.0 Å². The summed E-state index contributed by atoms with van der Waals surface area (Å²) in [5, 5.41) is 12.5. The third-order valence-electron chi connectivity index (χ3n) is 2.21. The molecule has 1 aromatic rings. The first-order chi connectivity index (χ1) is 8.99. The van der Waals surface area contributed by atoms with Crippen LogP contribution in [0.15, 0.2) is 18.2 Å². The zero-order valence-electron chi connectivity index (χ0n) is 11.1. The Morgan fingerprint density at radius 2 is 2.21 bits per heavy atom. The van der Waals surface area contributed by atoms with Crippen molar-refractivity contribution in [2.45, 2.75) is 20.0 Å². The van der Waals surface area contributed by atoms with E-state index in [-0.39, 0.29) is 29.9 Å². The molecule has 0 saturated heterocycles. The highest BCUT2D eigenvalue weighted by Gasteiger charge is 2.10. The first-order valence-corrected chi connectivity index (χ1v) is 6.53. The number of pyridine rings is 1. The van der Waals surface area contributed by atoms with Gasteiger partial charge in [0, 0.05) is 13.2 Å². The molecule has 0 fully saturated rings. The molecule has 0 aromatic carbocycles. The first-order valence-electron chi connectivity index (χ1n) is 6.15. The molecule has 0 spiro atoms. The lowest BCUT2D eigenvalue weighted by atomic mass is 10.2. The van der Waals surface area contributed by atoms with Gasteiger partial charge in [0.1, 0.15) is 10.8 Å². The molecule has 19 heavy (non-hydrogen) atoms. The molecule has 0 radical (unpaired) electrons. The van der Waals surface area contributed by atoms with Crippen LogP contribution < -0.4 is 5.32 Å². The zero-order valence-corrected chi connectivity index (χ0v) is 11.9. The van der Waals surface area contributed by atoms with Crippen LogP contribution in [-0.4, -0.2) is 41.9 Å². The van der Waals surface area contributed by atoms with E-state index in [0.29, 0.717) is 12.5 Å². The van der Waals surface area contributed by atoms with Crippen LogP contribution in [0.2, 0.25) is 5.15 Å². The van der Waals surface area contributed by atoms with Crippen molar-refractivity contribution in [1.82, 2.24) is 10.3 Å². The zero-order chi connectivity index (χ0) is 14.3. The number of carbonyl (C=O) groups excluding carboxylic acids is 1. The Labute approximate surface area is 117 Å². The third-order valence-corrected chi connectivity index (χ3v) is 2.42. The molecule has 1 unspecified atom stereocenters. The number of hydrogen-bond donors (Lipinski definition) is 2. The molecular weight excluding hydrogens is 268 g/mol. The predicted molar refractivity (Wildman–Crippen MR) is 73.2 cm³/mol. The van der Waals surface area contributed by atoms with Crippen LogP contribution >= 0.6 is 11.6 Å². The van der Waals surface area contributed by atoms with Gasteiger partial charge in [-0.25, -0.2) is 4.98 Å². The molecule has 1 heterocycles. The van der Waals surface area contributed by atoms with E-state index >= 15 is 0 Å². The molecule has 0 aliphatic rings. The Hall–Kier alpha value is -1.17. The lowest BCUT2D eigenvalue weighted by molar-refractivity contribution is 0.0259. The highest BCUT2D eigenvalue weighted by atomic mass is 35.5. The number of aliphatic hydroxyl groups is 1. The fourth-order valence-corrected chi connectivity index (χ4v) is 1.50. The minimum Gasteiger partial charge on any atom is -0.389 e. The molecule has 2 N–H and O–H groups in total. The number of aromatic nitrogens is 1. The summed E-state index contributed by atoms with van der Waals surface area (Å²) in [6, 6.07) is 4.79. The Bertz CT molecular complexity index is 413. The summed E-state index contributed by atoms with van der Waals surface area (Å²) < 4.78 is 5.28. The molecule has 0 aliphatic heterocycles. The molecule has 1 atom stereocenters. The molecule has 1 rings (SSSR count). The van der Waals surface area contributed by atoms with Crippen LogP contribution in [0, 0.1) is 5.92 Å². The quantitative estimate of drug-likeness (QED) is 0.745. The number of rotatable bonds is 7. The number of ether oxygens (including phenoxy) is 1. The van der Waals surface area contributed by atoms with Crippen molar-refractivity contribution in [2.75, 3.05) is 19.8 Å². The Morgan fingerprint density at radius 3 is 2.84 bits per heavy atom. The summed E-state index contributed by atoms with van der Waals surface area (Å²) in [5.74, 6) is 0.0443. The van der Waals surface area contributed by atoms with Gasteiger partial charge in [0.05, 0.1) is 12.7 Å². The van der Waals surface area contributed by atoms with Crippen molar-refractivity contribution in [3.8, 4) is 0 Å². The van der Waals surface area contributed by atoms with E-state index in [4.69, 9.17) is 16.3 Å². The smallest absolute Gasteiger partial charge is 0.270 e. The lowest BCUT2D eigenvalue weighted by Crippen LogP contribution is -2.35. The molecule has 1 amide bonds. The van der Waals surface area contributed by atoms with Crippen molar-refractivity contribution in [2.24, 2.45) is 5.92 Å². The van der Waals surface area contributed by atoms with E-state index in [1.807, 2.05) is 13.8 Å². The fraction of sp³-hybridized carbons (Fsp3) is 0.538. The molecule has 0 saturated carbocycles. The number of halogens is 1. The van der Waals surface area contributed by atoms with E-state index < -0.39 is 6.10 Å². The summed E-state index contributed by atoms with van der Waals surface area (Å²) >= 11 is 5.69. The molecule has 5 nitrogen and oxygen atoms in total. The van der Waals surface area contributed by atoms with Crippen LogP contribution in [-0.2, 0) is 4.74 Å². The van der Waals surface area contributed by atoms with Crippen molar-refractivity contribution < 1.29 is 14.6 Å². The van der Waals surface area contributed by atoms with Gasteiger partial charge in [0.25, 0.3) is 5.91 Å². The maximum Gasteiger partial charge on any atom is 0.270 e. The Kier molecular flexibility index (Phi) is 6.77. The second-order valence-corrected chi connectivity index (χ2v) is 5.03. The van der Waals surface area contributed by atoms with E-state index in [2.05, 4.69) is 10.3 Å². The minimum atomic E-state index is -0.734. The number of nitrogens with zero attached hydrogens (tertiary/aromatic N) is 1. The van der Waals surface area contributed by atoms with Gasteiger partial charge < -0.3 is 15.2 Å². The van der Waals surface area contributed by atoms with Gasteiger partial charge in [-0.1, -0.05) is 31.5 Å². The van der Waals surface area contributed by atoms with Gasteiger partial charge in [-0.05, 0) is 18.1 Å². The maximum absolute atomic E-state index is 11.7. The number of nitrogens with one attached hydrogen (secondary N) is 1. The standard InChI is InChI=1S/C13H19ClN2O3/c1-9(2)7-19-8-10(17)6-15-13(18)11-4-3-5-12(14)16-11/h3-5,9-10,17H,6-8H2,1-2H3,(H,15,18). The minimum absolute atomic E-state index is 0.116. The van der Waals surface area contributed by atoms with Crippen molar-refractivity contribution in [1.29, 1.82) is 0 Å². The number of carbonyl (C=O) groups is 1. The maximum atomic E-state index is 11.7. The van der Waals surface area contributed by atoms with Gasteiger partial charge in [-0.15, -0.1) is 0 Å². The molecule has 1 aromatic heterocycles.